The topological polar surface area (TPSA) is 52.7 Å². The molecule has 2 aromatic rings. The van der Waals surface area contributed by atoms with E-state index in [2.05, 4.69) is 5.32 Å². The normalized spacial score (nSPS) is 21.1. The highest BCUT2D eigenvalue weighted by molar-refractivity contribution is 5.91. The van der Waals surface area contributed by atoms with Gasteiger partial charge in [0.1, 0.15) is 0 Å². The number of rotatable bonds is 2. The Morgan fingerprint density at radius 3 is 2.26 bits per heavy atom. The minimum atomic E-state index is -0.181. The van der Waals surface area contributed by atoms with E-state index in [1.807, 2.05) is 72.6 Å². The van der Waals surface area contributed by atoms with E-state index in [4.69, 9.17) is 0 Å². The van der Waals surface area contributed by atoms with Crippen LogP contribution in [0.1, 0.15) is 30.7 Å². The smallest absolute Gasteiger partial charge is 0.324 e. The highest BCUT2D eigenvalue weighted by Gasteiger charge is 2.46. The molecule has 4 rings (SSSR count). The number of para-hydroxylation sites is 1. The van der Waals surface area contributed by atoms with Gasteiger partial charge < -0.3 is 10.2 Å². The standard InChI is InChI=1S/C22H25N3O2/c1-24(18-10-6-3-7-11-18)21(27)25-14-12-22(13-15-25)16-19(20(26)23-22)17-8-4-2-5-9-17/h2-11,19H,12-16H2,1H3,(H,23,26). The molecule has 1 unspecified atom stereocenters. The molecule has 5 nitrogen and oxygen atoms in total. The van der Waals surface area contributed by atoms with Crippen molar-refractivity contribution in [3.63, 3.8) is 0 Å². The first-order valence-electron chi connectivity index (χ1n) is 9.53. The van der Waals surface area contributed by atoms with Crippen molar-refractivity contribution < 1.29 is 9.59 Å². The van der Waals surface area contributed by atoms with Gasteiger partial charge in [-0.3, -0.25) is 9.69 Å². The van der Waals surface area contributed by atoms with Crippen molar-refractivity contribution in [2.75, 3.05) is 25.0 Å². The number of carbonyl (C=O) groups is 2. The summed E-state index contributed by atoms with van der Waals surface area (Å²) in [7, 11) is 1.81. The summed E-state index contributed by atoms with van der Waals surface area (Å²) < 4.78 is 0. The summed E-state index contributed by atoms with van der Waals surface area (Å²) in [6, 6.07) is 19.7. The second kappa shape index (κ2) is 7.06. The van der Waals surface area contributed by atoms with Gasteiger partial charge in [0.15, 0.2) is 0 Å². The number of nitrogens with one attached hydrogen (secondary N) is 1. The molecule has 2 aromatic carbocycles. The molecule has 1 spiro atoms. The van der Waals surface area contributed by atoms with Crippen molar-refractivity contribution in [1.29, 1.82) is 0 Å². The van der Waals surface area contributed by atoms with Crippen molar-refractivity contribution >= 4 is 17.6 Å². The second-order valence-electron chi connectivity index (χ2n) is 7.60. The lowest BCUT2D eigenvalue weighted by molar-refractivity contribution is -0.121. The molecular weight excluding hydrogens is 338 g/mol. The van der Waals surface area contributed by atoms with Crippen LogP contribution in [0.3, 0.4) is 0 Å². The number of benzene rings is 2. The van der Waals surface area contributed by atoms with Gasteiger partial charge in [0.2, 0.25) is 5.91 Å². The van der Waals surface area contributed by atoms with Gasteiger partial charge in [0.05, 0.1) is 5.92 Å². The summed E-state index contributed by atoms with van der Waals surface area (Å²) in [5.41, 5.74) is 1.79. The molecule has 0 saturated carbocycles. The Labute approximate surface area is 160 Å². The van der Waals surface area contributed by atoms with Gasteiger partial charge in [-0.1, -0.05) is 48.5 Å². The summed E-state index contributed by atoms with van der Waals surface area (Å²) in [5, 5.41) is 3.25. The number of urea groups is 1. The molecule has 3 amide bonds. The minimum absolute atomic E-state index is 0.0139. The Bertz CT molecular complexity index is 814. The first-order valence-corrected chi connectivity index (χ1v) is 9.53. The Morgan fingerprint density at radius 2 is 1.63 bits per heavy atom. The van der Waals surface area contributed by atoms with Gasteiger partial charge in [-0.25, -0.2) is 4.79 Å². The van der Waals surface area contributed by atoms with Gasteiger partial charge in [-0.2, -0.15) is 0 Å². The van der Waals surface area contributed by atoms with Crippen LogP contribution in [0.2, 0.25) is 0 Å². The van der Waals surface area contributed by atoms with Crippen LogP contribution < -0.4 is 10.2 Å². The molecule has 1 atom stereocenters. The first-order chi connectivity index (χ1) is 13.1. The predicted molar refractivity (Wildman–Crippen MR) is 106 cm³/mol. The van der Waals surface area contributed by atoms with E-state index in [9.17, 15) is 9.59 Å². The molecule has 1 N–H and O–H groups in total. The van der Waals surface area contributed by atoms with Gasteiger partial charge in [-0.05, 0) is 37.0 Å². The Hall–Kier alpha value is -2.82. The fourth-order valence-electron chi connectivity index (χ4n) is 4.27. The van der Waals surface area contributed by atoms with E-state index in [0.29, 0.717) is 13.1 Å². The fraction of sp³-hybridized carbons (Fsp3) is 0.364. The number of piperidine rings is 1. The van der Waals surface area contributed by atoms with E-state index < -0.39 is 0 Å². The molecule has 2 aliphatic heterocycles. The molecule has 140 valence electrons. The molecule has 0 aromatic heterocycles. The molecule has 2 fully saturated rings. The van der Waals surface area contributed by atoms with Crippen LogP contribution in [0.25, 0.3) is 0 Å². The monoisotopic (exact) mass is 363 g/mol. The van der Waals surface area contributed by atoms with Crippen molar-refractivity contribution in [3.05, 3.63) is 66.2 Å². The van der Waals surface area contributed by atoms with E-state index in [-0.39, 0.29) is 23.4 Å². The quantitative estimate of drug-likeness (QED) is 0.889. The van der Waals surface area contributed by atoms with E-state index in [0.717, 1.165) is 30.5 Å². The minimum Gasteiger partial charge on any atom is -0.350 e. The maximum atomic E-state index is 12.8. The highest BCUT2D eigenvalue weighted by Crippen LogP contribution is 2.39. The number of nitrogens with zero attached hydrogens (tertiary/aromatic N) is 2. The zero-order valence-electron chi connectivity index (χ0n) is 15.6. The number of hydrogen-bond donors (Lipinski definition) is 1. The zero-order chi connectivity index (χ0) is 18.9. The molecule has 5 heteroatoms. The Kier molecular flexibility index (Phi) is 4.60. The SMILES string of the molecule is CN(C(=O)N1CCC2(CC1)CC(c1ccccc1)C(=O)N2)c1ccccc1. The molecule has 2 heterocycles. The number of hydrogen-bond acceptors (Lipinski definition) is 2. The van der Waals surface area contributed by atoms with E-state index in [1.54, 1.807) is 4.90 Å². The van der Waals surface area contributed by atoms with Crippen LogP contribution in [-0.4, -0.2) is 42.5 Å². The highest BCUT2D eigenvalue weighted by atomic mass is 16.2. The van der Waals surface area contributed by atoms with E-state index in [1.165, 1.54) is 0 Å². The van der Waals surface area contributed by atoms with Crippen molar-refractivity contribution in [2.45, 2.75) is 30.7 Å². The third-order valence-corrected chi connectivity index (χ3v) is 5.92. The Balaban J connectivity index is 1.40. The summed E-state index contributed by atoms with van der Waals surface area (Å²) in [5.74, 6) is 0.0304. The number of likely N-dealkylation sites (tertiary alicyclic amines) is 1. The average Bonchev–Trinajstić information content (AvgIpc) is 3.04. The maximum Gasteiger partial charge on any atom is 0.324 e. The van der Waals surface area contributed by atoms with Crippen LogP contribution in [0.5, 0.6) is 0 Å². The van der Waals surface area contributed by atoms with Crippen LogP contribution in [0.4, 0.5) is 10.5 Å². The molecule has 0 aliphatic carbocycles. The van der Waals surface area contributed by atoms with Crippen LogP contribution in [0.15, 0.2) is 60.7 Å². The summed E-state index contributed by atoms with van der Waals surface area (Å²) in [6.45, 7) is 1.33. The van der Waals surface area contributed by atoms with Gasteiger partial charge in [0.25, 0.3) is 0 Å². The second-order valence-corrected chi connectivity index (χ2v) is 7.60. The van der Waals surface area contributed by atoms with Crippen LogP contribution in [0, 0.1) is 0 Å². The zero-order valence-corrected chi connectivity index (χ0v) is 15.6. The van der Waals surface area contributed by atoms with Crippen LogP contribution >= 0.6 is 0 Å². The molecular formula is C22H25N3O2. The lowest BCUT2D eigenvalue weighted by Gasteiger charge is -2.40. The third kappa shape index (κ3) is 3.42. The average molecular weight is 363 g/mol. The number of carbonyl (C=O) groups excluding carboxylic acids is 2. The van der Waals surface area contributed by atoms with Crippen molar-refractivity contribution in [3.8, 4) is 0 Å². The first kappa shape index (κ1) is 17.6. The molecule has 2 saturated heterocycles. The number of anilines is 1. The molecule has 0 radical (unpaired) electrons. The lowest BCUT2D eigenvalue weighted by Crippen LogP contribution is -2.54. The van der Waals surface area contributed by atoms with Gasteiger partial charge in [-0.15, -0.1) is 0 Å². The van der Waals surface area contributed by atoms with Gasteiger partial charge >= 0.3 is 6.03 Å². The molecule has 2 aliphatic rings. The predicted octanol–water partition coefficient (Wildman–Crippen LogP) is 3.38. The molecule has 0 bridgehead atoms. The van der Waals surface area contributed by atoms with Crippen molar-refractivity contribution in [2.24, 2.45) is 0 Å². The maximum absolute atomic E-state index is 12.8. The van der Waals surface area contributed by atoms with E-state index >= 15 is 0 Å². The van der Waals surface area contributed by atoms with Gasteiger partial charge in [0, 0.05) is 31.4 Å². The molecule has 27 heavy (non-hydrogen) atoms. The summed E-state index contributed by atoms with van der Waals surface area (Å²) >= 11 is 0. The lowest BCUT2D eigenvalue weighted by atomic mass is 9.82. The largest absolute Gasteiger partial charge is 0.350 e. The fourth-order valence-corrected chi connectivity index (χ4v) is 4.27. The van der Waals surface area contributed by atoms with Crippen LogP contribution in [-0.2, 0) is 4.79 Å². The number of amides is 3. The Morgan fingerprint density at radius 1 is 1.04 bits per heavy atom. The summed E-state index contributed by atoms with van der Waals surface area (Å²) in [4.78, 5) is 29.0. The van der Waals surface area contributed by atoms with Crippen molar-refractivity contribution in [1.82, 2.24) is 10.2 Å². The summed E-state index contributed by atoms with van der Waals surface area (Å²) in [6.07, 6.45) is 2.42. The third-order valence-electron chi connectivity index (χ3n) is 5.92.